The van der Waals surface area contributed by atoms with Crippen molar-refractivity contribution in [2.75, 3.05) is 25.1 Å². The summed E-state index contributed by atoms with van der Waals surface area (Å²) >= 11 is 3.39. The third-order valence-corrected chi connectivity index (χ3v) is 4.63. The predicted molar refractivity (Wildman–Crippen MR) is 118 cm³/mol. The third-order valence-electron chi connectivity index (χ3n) is 4.13. The Labute approximate surface area is 180 Å². The van der Waals surface area contributed by atoms with E-state index >= 15 is 0 Å². The van der Waals surface area contributed by atoms with Crippen LogP contribution in [0.15, 0.2) is 40.9 Å². The van der Waals surface area contributed by atoms with Crippen molar-refractivity contribution in [1.29, 1.82) is 0 Å². The third kappa shape index (κ3) is 7.09. The van der Waals surface area contributed by atoms with Gasteiger partial charge in [0.25, 0.3) is 5.91 Å². The average Bonchev–Trinajstić information content (AvgIpc) is 2.69. The highest BCUT2D eigenvalue weighted by atomic mass is 79.9. The van der Waals surface area contributed by atoms with Crippen molar-refractivity contribution >= 4 is 33.4 Å². The van der Waals surface area contributed by atoms with Gasteiger partial charge >= 0.3 is 0 Å². The zero-order chi connectivity index (χ0) is 21.2. The number of hydrogen-bond donors (Lipinski definition) is 2. The van der Waals surface area contributed by atoms with Gasteiger partial charge in [0.2, 0.25) is 5.91 Å². The first-order valence-electron chi connectivity index (χ1n) is 9.68. The Balaban J connectivity index is 1.96. The summed E-state index contributed by atoms with van der Waals surface area (Å²) in [4.78, 5) is 24.6. The molecule has 0 aromatic heterocycles. The van der Waals surface area contributed by atoms with Crippen LogP contribution in [0.1, 0.15) is 42.6 Å². The summed E-state index contributed by atoms with van der Waals surface area (Å²) in [5, 5.41) is 5.43. The SMILES string of the molecule is CCCCOc1ccc(C(=O)NCC(=O)Nc2ccc(Br)cc2C)cc1OCC. The molecule has 0 heterocycles. The summed E-state index contributed by atoms with van der Waals surface area (Å²) in [6.45, 7) is 6.79. The normalized spacial score (nSPS) is 10.3. The number of benzene rings is 2. The van der Waals surface area contributed by atoms with Crippen LogP contribution in [0.4, 0.5) is 5.69 Å². The molecule has 0 aliphatic heterocycles. The van der Waals surface area contributed by atoms with E-state index in [4.69, 9.17) is 9.47 Å². The fraction of sp³-hybridized carbons (Fsp3) is 0.364. The van der Waals surface area contributed by atoms with Gasteiger partial charge in [-0.05, 0) is 62.2 Å². The Hall–Kier alpha value is -2.54. The predicted octanol–water partition coefficient (Wildman–Crippen LogP) is 4.70. The quantitative estimate of drug-likeness (QED) is 0.501. The van der Waals surface area contributed by atoms with Crippen LogP contribution in [-0.4, -0.2) is 31.6 Å². The Kier molecular flexibility index (Phi) is 8.99. The zero-order valence-corrected chi connectivity index (χ0v) is 18.6. The van der Waals surface area contributed by atoms with Crippen LogP contribution in [0.2, 0.25) is 0 Å². The number of halogens is 1. The molecule has 0 aliphatic rings. The van der Waals surface area contributed by atoms with E-state index < -0.39 is 0 Å². The van der Waals surface area contributed by atoms with Crippen LogP contribution < -0.4 is 20.1 Å². The van der Waals surface area contributed by atoms with Gasteiger partial charge in [-0.3, -0.25) is 9.59 Å². The lowest BCUT2D eigenvalue weighted by Gasteiger charge is -2.13. The second kappa shape index (κ2) is 11.5. The van der Waals surface area contributed by atoms with Crippen LogP contribution in [0.25, 0.3) is 0 Å². The molecule has 6 nitrogen and oxygen atoms in total. The van der Waals surface area contributed by atoms with E-state index in [1.165, 1.54) is 0 Å². The lowest BCUT2D eigenvalue weighted by atomic mass is 10.2. The fourth-order valence-electron chi connectivity index (χ4n) is 2.59. The van der Waals surface area contributed by atoms with Crippen molar-refractivity contribution < 1.29 is 19.1 Å². The second-order valence-corrected chi connectivity index (χ2v) is 7.40. The molecule has 2 aromatic carbocycles. The molecule has 29 heavy (non-hydrogen) atoms. The van der Waals surface area contributed by atoms with Crippen LogP contribution >= 0.6 is 15.9 Å². The lowest BCUT2D eigenvalue weighted by Crippen LogP contribution is -2.33. The van der Waals surface area contributed by atoms with Gasteiger partial charge in [-0.1, -0.05) is 29.3 Å². The number of amides is 2. The molecule has 2 amide bonds. The molecule has 0 saturated carbocycles. The maximum Gasteiger partial charge on any atom is 0.251 e. The number of nitrogens with one attached hydrogen (secondary N) is 2. The van der Waals surface area contributed by atoms with Crippen molar-refractivity contribution in [3.8, 4) is 11.5 Å². The minimum Gasteiger partial charge on any atom is -0.490 e. The molecule has 0 bridgehead atoms. The van der Waals surface area contributed by atoms with E-state index in [2.05, 4.69) is 33.5 Å². The average molecular weight is 463 g/mol. The number of unbranched alkanes of at least 4 members (excludes halogenated alkanes) is 1. The minimum absolute atomic E-state index is 0.132. The highest BCUT2D eigenvalue weighted by molar-refractivity contribution is 9.10. The molecule has 2 N–H and O–H groups in total. The van der Waals surface area contributed by atoms with E-state index in [1.54, 1.807) is 18.2 Å². The molecule has 156 valence electrons. The molecular weight excluding hydrogens is 436 g/mol. The monoisotopic (exact) mass is 462 g/mol. The zero-order valence-electron chi connectivity index (χ0n) is 17.0. The maximum atomic E-state index is 12.4. The Morgan fingerprint density at radius 3 is 2.52 bits per heavy atom. The molecule has 0 radical (unpaired) electrons. The van der Waals surface area contributed by atoms with Gasteiger partial charge in [-0.25, -0.2) is 0 Å². The van der Waals surface area contributed by atoms with Crippen molar-refractivity contribution in [3.05, 3.63) is 52.0 Å². The van der Waals surface area contributed by atoms with E-state index in [0.717, 1.165) is 22.9 Å². The van der Waals surface area contributed by atoms with Crippen LogP contribution in [0.5, 0.6) is 11.5 Å². The van der Waals surface area contributed by atoms with E-state index in [1.807, 2.05) is 32.0 Å². The largest absolute Gasteiger partial charge is 0.490 e. The first-order valence-corrected chi connectivity index (χ1v) is 10.5. The molecule has 0 saturated heterocycles. The maximum absolute atomic E-state index is 12.4. The molecule has 7 heteroatoms. The number of carbonyl (C=O) groups excluding carboxylic acids is 2. The lowest BCUT2D eigenvalue weighted by molar-refractivity contribution is -0.115. The molecular formula is C22H27BrN2O4. The van der Waals surface area contributed by atoms with Gasteiger partial charge in [0.1, 0.15) is 0 Å². The van der Waals surface area contributed by atoms with Gasteiger partial charge in [-0.15, -0.1) is 0 Å². The number of carbonyl (C=O) groups is 2. The Bertz CT molecular complexity index is 855. The second-order valence-electron chi connectivity index (χ2n) is 6.49. The van der Waals surface area contributed by atoms with Crippen molar-refractivity contribution in [3.63, 3.8) is 0 Å². The van der Waals surface area contributed by atoms with E-state index in [0.29, 0.717) is 36.0 Å². The molecule has 0 fully saturated rings. The summed E-state index contributed by atoms with van der Waals surface area (Å²) < 4.78 is 12.3. The van der Waals surface area contributed by atoms with Crippen LogP contribution in [0, 0.1) is 6.92 Å². The summed E-state index contributed by atoms with van der Waals surface area (Å²) in [5.41, 5.74) is 2.04. The summed E-state index contributed by atoms with van der Waals surface area (Å²) in [7, 11) is 0. The van der Waals surface area contributed by atoms with Gasteiger partial charge in [0.05, 0.1) is 19.8 Å². The van der Waals surface area contributed by atoms with Crippen molar-refractivity contribution in [1.82, 2.24) is 5.32 Å². The molecule has 0 aliphatic carbocycles. The highest BCUT2D eigenvalue weighted by Gasteiger charge is 2.13. The Morgan fingerprint density at radius 1 is 1.03 bits per heavy atom. The standard InChI is InChI=1S/C22H27BrN2O4/c1-4-6-11-29-19-10-7-16(13-20(19)28-5-2)22(27)24-14-21(26)25-18-9-8-17(23)12-15(18)3/h7-10,12-13H,4-6,11,14H2,1-3H3,(H,24,27)(H,25,26). The summed E-state index contributed by atoms with van der Waals surface area (Å²) in [6, 6.07) is 10.6. The van der Waals surface area contributed by atoms with Gasteiger partial charge < -0.3 is 20.1 Å². The van der Waals surface area contributed by atoms with Gasteiger partial charge in [0, 0.05) is 15.7 Å². The first kappa shape index (κ1) is 22.7. The molecule has 0 spiro atoms. The van der Waals surface area contributed by atoms with Crippen LogP contribution in [-0.2, 0) is 4.79 Å². The molecule has 2 rings (SSSR count). The topological polar surface area (TPSA) is 76.7 Å². The Morgan fingerprint density at radius 2 is 1.83 bits per heavy atom. The number of hydrogen-bond acceptors (Lipinski definition) is 4. The van der Waals surface area contributed by atoms with Crippen molar-refractivity contribution in [2.24, 2.45) is 0 Å². The van der Waals surface area contributed by atoms with E-state index in [-0.39, 0.29) is 18.4 Å². The van der Waals surface area contributed by atoms with Gasteiger partial charge in [-0.2, -0.15) is 0 Å². The number of ether oxygens (including phenoxy) is 2. The number of aryl methyl sites for hydroxylation is 1. The van der Waals surface area contributed by atoms with Crippen LogP contribution in [0.3, 0.4) is 0 Å². The number of rotatable bonds is 10. The highest BCUT2D eigenvalue weighted by Crippen LogP contribution is 2.28. The summed E-state index contributed by atoms with van der Waals surface area (Å²) in [5.74, 6) is 0.480. The van der Waals surface area contributed by atoms with Gasteiger partial charge in [0.15, 0.2) is 11.5 Å². The smallest absolute Gasteiger partial charge is 0.251 e. The fourth-order valence-corrected chi connectivity index (χ4v) is 3.06. The number of anilines is 1. The molecule has 2 aromatic rings. The molecule has 0 unspecified atom stereocenters. The van der Waals surface area contributed by atoms with E-state index in [9.17, 15) is 9.59 Å². The van der Waals surface area contributed by atoms with Crippen molar-refractivity contribution in [2.45, 2.75) is 33.6 Å². The first-order chi connectivity index (χ1) is 13.9. The summed E-state index contributed by atoms with van der Waals surface area (Å²) in [6.07, 6.45) is 1.98. The molecule has 0 atom stereocenters. The minimum atomic E-state index is -0.353.